The lowest BCUT2D eigenvalue weighted by Gasteiger charge is -2.17. The number of ether oxygens (including phenoxy) is 1. The molecule has 6 nitrogen and oxygen atoms in total. The van der Waals surface area contributed by atoms with E-state index in [0.29, 0.717) is 5.92 Å². The first kappa shape index (κ1) is 14.1. The van der Waals surface area contributed by atoms with Crippen molar-refractivity contribution in [1.29, 1.82) is 0 Å². The number of nitrogens with one attached hydrogen (secondary N) is 2. The summed E-state index contributed by atoms with van der Waals surface area (Å²) in [6, 6.07) is 7.44. The Morgan fingerprint density at radius 3 is 2.91 bits per heavy atom. The Hall–Kier alpha value is -2.50. The van der Waals surface area contributed by atoms with Crippen molar-refractivity contribution in [2.45, 2.75) is 37.8 Å². The van der Waals surface area contributed by atoms with Crippen LogP contribution in [0.25, 0.3) is 0 Å². The van der Waals surface area contributed by atoms with E-state index in [1.165, 1.54) is 0 Å². The highest BCUT2D eigenvalue weighted by Gasteiger charge is 2.33. The third kappa shape index (κ3) is 2.65. The number of hydrogen-bond acceptors (Lipinski definition) is 3. The molecule has 1 aromatic heterocycles. The van der Waals surface area contributed by atoms with Gasteiger partial charge in [0.2, 0.25) is 0 Å². The van der Waals surface area contributed by atoms with Crippen LogP contribution in [0, 0.1) is 0 Å². The van der Waals surface area contributed by atoms with E-state index >= 15 is 0 Å². The zero-order valence-electron chi connectivity index (χ0n) is 13.2. The van der Waals surface area contributed by atoms with Gasteiger partial charge in [0.1, 0.15) is 11.9 Å². The molecule has 2 N–H and O–H groups in total. The van der Waals surface area contributed by atoms with Crippen LogP contribution in [-0.2, 0) is 7.05 Å². The van der Waals surface area contributed by atoms with Crippen molar-refractivity contribution in [2.24, 2.45) is 7.05 Å². The number of carbonyl (C=O) groups excluding carboxylic acids is 1. The van der Waals surface area contributed by atoms with Crippen LogP contribution < -0.4 is 15.4 Å². The normalized spacial score (nSPS) is 22.3. The fourth-order valence-corrected chi connectivity index (χ4v) is 3.12. The molecular formula is C17H20N4O2. The number of carbonyl (C=O) groups is 1. The molecule has 0 saturated heterocycles. The van der Waals surface area contributed by atoms with Gasteiger partial charge < -0.3 is 15.4 Å². The van der Waals surface area contributed by atoms with Crippen molar-refractivity contribution in [1.82, 2.24) is 15.1 Å². The molecule has 2 aromatic rings. The van der Waals surface area contributed by atoms with E-state index in [2.05, 4.69) is 15.7 Å². The van der Waals surface area contributed by atoms with Gasteiger partial charge in [0.25, 0.3) is 0 Å². The molecule has 1 aromatic carbocycles. The summed E-state index contributed by atoms with van der Waals surface area (Å²) in [5, 5.41) is 10.4. The van der Waals surface area contributed by atoms with Crippen molar-refractivity contribution < 1.29 is 9.53 Å². The van der Waals surface area contributed by atoms with Crippen LogP contribution in [0.15, 0.2) is 30.5 Å². The predicted molar refractivity (Wildman–Crippen MR) is 86.6 cm³/mol. The van der Waals surface area contributed by atoms with Crippen LogP contribution in [0.2, 0.25) is 0 Å². The van der Waals surface area contributed by atoms with Crippen LogP contribution in [0.3, 0.4) is 0 Å². The fraction of sp³-hybridized carbons (Fsp3) is 0.412. The molecule has 6 heteroatoms. The minimum atomic E-state index is -0.225. The van der Waals surface area contributed by atoms with E-state index in [-0.39, 0.29) is 18.2 Å². The van der Waals surface area contributed by atoms with Crippen molar-refractivity contribution >= 4 is 11.7 Å². The van der Waals surface area contributed by atoms with E-state index in [1.807, 2.05) is 44.4 Å². The number of amides is 2. The lowest BCUT2D eigenvalue weighted by molar-refractivity contribution is 0.204. The van der Waals surface area contributed by atoms with Crippen LogP contribution in [0.1, 0.15) is 43.0 Å². The summed E-state index contributed by atoms with van der Waals surface area (Å²) in [7, 11) is 1.87. The monoisotopic (exact) mass is 312 g/mol. The molecule has 0 spiro atoms. The maximum atomic E-state index is 12.4. The summed E-state index contributed by atoms with van der Waals surface area (Å²) in [6.07, 6.45) is 4.06. The van der Waals surface area contributed by atoms with Gasteiger partial charge in [-0.25, -0.2) is 4.79 Å². The fourth-order valence-electron chi connectivity index (χ4n) is 3.12. The van der Waals surface area contributed by atoms with Gasteiger partial charge in [-0.1, -0.05) is 18.2 Å². The zero-order valence-corrected chi connectivity index (χ0v) is 13.2. The molecule has 2 heterocycles. The molecule has 2 aliphatic rings. The highest BCUT2D eigenvalue weighted by atomic mass is 16.5. The first-order valence-corrected chi connectivity index (χ1v) is 7.98. The highest BCUT2D eigenvalue weighted by Crippen LogP contribution is 2.42. The summed E-state index contributed by atoms with van der Waals surface area (Å²) in [5.41, 5.74) is 2.80. The smallest absolute Gasteiger partial charge is 0.319 e. The molecule has 4 rings (SSSR count). The molecule has 2 atom stereocenters. The van der Waals surface area contributed by atoms with Crippen molar-refractivity contribution in [3.63, 3.8) is 0 Å². The Kier molecular flexibility index (Phi) is 3.25. The lowest BCUT2D eigenvalue weighted by Crippen LogP contribution is -2.36. The minimum absolute atomic E-state index is 0.0880. The third-order valence-corrected chi connectivity index (χ3v) is 4.39. The summed E-state index contributed by atoms with van der Waals surface area (Å²) >= 11 is 0. The molecule has 2 amide bonds. The van der Waals surface area contributed by atoms with Gasteiger partial charge in [-0.15, -0.1) is 0 Å². The number of nitrogens with zero attached hydrogens (tertiary/aromatic N) is 2. The van der Waals surface area contributed by atoms with E-state index in [9.17, 15) is 4.79 Å². The van der Waals surface area contributed by atoms with Gasteiger partial charge >= 0.3 is 6.03 Å². The summed E-state index contributed by atoms with van der Waals surface area (Å²) in [5.74, 6) is 1.33. The molecule has 23 heavy (non-hydrogen) atoms. The summed E-state index contributed by atoms with van der Waals surface area (Å²) < 4.78 is 7.54. The number of benzene rings is 1. The molecular weight excluding hydrogens is 292 g/mol. The van der Waals surface area contributed by atoms with E-state index in [1.54, 1.807) is 4.68 Å². The lowest BCUT2D eigenvalue weighted by atomic mass is 10.1. The summed E-state index contributed by atoms with van der Waals surface area (Å²) in [6.45, 7) is 1.96. The Labute approximate surface area is 134 Å². The predicted octanol–water partition coefficient (Wildman–Crippen LogP) is 2.94. The third-order valence-electron chi connectivity index (χ3n) is 4.39. The second kappa shape index (κ2) is 5.30. The van der Waals surface area contributed by atoms with Crippen LogP contribution in [-0.4, -0.2) is 21.9 Å². The molecule has 120 valence electrons. The Morgan fingerprint density at radius 2 is 2.13 bits per heavy atom. The van der Waals surface area contributed by atoms with Gasteiger partial charge in [0.15, 0.2) is 0 Å². The number of aromatic nitrogens is 2. The quantitative estimate of drug-likeness (QED) is 0.915. The number of hydrogen-bond donors (Lipinski definition) is 2. The average molecular weight is 312 g/mol. The molecule has 1 aliphatic heterocycles. The van der Waals surface area contributed by atoms with Gasteiger partial charge in [-0.05, 0) is 25.8 Å². The zero-order chi connectivity index (χ0) is 16.0. The average Bonchev–Trinajstić information content (AvgIpc) is 3.23. The van der Waals surface area contributed by atoms with E-state index < -0.39 is 0 Å². The Morgan fingerprint density at radius 1 is 1.35 bits per heavy atom. The largest absolute Gasteiger partial charge is 0.488 e. The molecule has 0 radical (unpaired) electrons. The van der Waals surface area contributed by atoms with Gasteiger partial charge in [0.05, 0.1) is 17.4 Å². The minimum Gasteiger partial charge on any atom is -0.488 e. The number of fused-ring (bicyclic) bond motifs is 1. The maximum Gasteiger partial charge on any atom is 0.319 e. The van der Waals surface area contributed by atoms with Crippen molar-refractivity contribution in [3.05, 3.63) is 41.7 Å². The number of urea groups is 1. The van der Waals surface area contributed by atoms with Crippen LogP contribution >= 0.6 is 0 Å². The van der Waals surface area contributed by atoms with Gasteiger partial charge in [0, 0.05) is 24.7 Å². The van der Waals surface area contributed by atoms with Crippen molar-refractivity contribution in [3.8, 4) is 5.75 Å². The van der Waals surface area contributed by atoms with Gasteiger partial charge in [-0.3, -0.25) is 4.68 Å². The number of para-hydroxylation sites is 1. The van der Waals surface area contributed by atoms with Crippen LogP contribution in [0.4, 0.5) is 10.5 Å². The number of rotatable bonds is 3. The highest BCUT2D eigenvalue weighted by molar-refractivity contribution is 5.90. The van der Waals surface area contributed by atoms with Crippen molar-refractivity contribution in [2.75, 3.05) is 5.32 Å². The molecule has 0 bridgehead atoms. The van der Waals surface area contributed by atoms with E-state index in [0.717, 1.165) is 35.5 Å². The second-order valence-corrected chi connectivity index (χ2v) is 6.31. The molecule has 1 aliphatic carbocycles. The van der Waals surface area contributed by atoms with Crippen LogP contribution in [0.5, 0.6) is 5.75 Å². The first-order valence-electron chi connectivity index (χ1n) is 7.98. The second-order valence-electron chi connectivity index (χ2n) is 6.31. The topological polar surface area (TPSA) is 68.2 Å². The first-order chi connectivity index (χ1) is 11.1. The number of anilines is 1. The maximum absolute atomic E-state index is 12.4. The summed E-state index contributed by atoms with van der Waals surface area (Å²) in [4.78, 5) is 12.4. The van der Waals surface area contributed by atoms with E-state index in [4.69, 9.17) is 4.74 Å². The Balaban J connectivity index is 1.48. The molecule has 1 fully saturated rings. The van der Waals surface area contributed by atoms with Gasteiger partial charge in [-0.2, -0.15) is 5.10 Å². The number of aryl methyl sites for hydroxylation is 1. The standard InChI is InChI=1S/C17H20N4O2/c1-10-15(12-5-3-4-6-14(12)23-10)19-17(22)18-13-9-21(2)20-16(13)11-7-8-11/h3-6,9-11,15H,7-8H2,1-2H3,(H2,18,19,22)/t10-,15-/m0/s1. The molecule has 1 saturated carbocycles. The SMILES string of the molecule is C[C@@H]1Oc2ccccc2[C@H]1NC(=O)Nc1cn(C)nc1C1CC1. The molecule has 0 unspecified atom stereocenters. The Bertz CT molecular complexity index is 751.